The molecule has 3 fully saturated rings. The number of hydrogen-bond acceptors (Lipinski definition) is 5. The molecule has 2 aliphatic heterocycles. The third-order valence-electron chi connectivity index (χ3n) is 9.43. The second-order valence-corrected chi connectivity index (χ2v) is 12.0. The van der Waals surface area contributed by atoms with Crippen molar-refractivity contribution in [3.63, 3.8) is 0 Å². The van der Waals surface area contributed by atoms with Crippen molar-refractivity contribution in [2.75, 3.05) is 26.3 Å². The first-order chi connectivity index (χ1) is 19.5. The van der Waals surface area contributed by atoms with Crippen molar-refractivity contribution in [1.29, 1.82) is 0 Å². The van der Waals surface area contributed by atoms with Gasteiger partial charge < -0.3 is 9.30 Å². The summed E-state index contributed by atoms with van der Waals surface area (Å²) >= 11 is 0. The summed E-state index contributed by atoms with van der Waals surface area (Å²) in [7, 11) is 1.65. The standard InChI is InChI=1S/C29H30F4N6O2/c1-18(37-9-8-27(14-37)6-7-27)19-10-22(29(31,32)33)23-13-38(26(40)39(23)12-19)21-5-3-4-20(11-21)28(15-41-16-28)24(30)25-35-34-17-36(25)2/h3-5,10-13,17-18,24H,6-9,14-16H2,1-2H3/t18-,24-/m1/s1. The summed E-state index contributed by atoms with van der Waals surface area (Å²) in [4.78, 5) is 15.9. The highest BCUT2D eigenvalue weighted by Crippen LogP contribution is 2.54. The van der Waals surface area contributed by atoms with Gasteiger partial charge in [-0.2, -0.15) is 13.2 Å². The molecule has 8 nitrogen and oxygen atoms in total. The summed E-state index contributed by atoms with van der Waals surface area (Å²) < 4.78 is 68.1. The summed E-state index contributed by atoms with van der Waals surface area (Å²) in [6, 6.07) is 7.58. The zero-order valence-corrected chi connectivity index (χ0v) is 22.7. The number of fused-ring (bicyclic) bond motifs is 1. The smallest absolute Gasteiger partial charge is 0.379 e. The van der Waals surface area contributed by atoms with Gasteiger partial charge in [-0.15, -0.1) is 10.2 Å². The molecule has 12 heteroatoms. The first kappa shape index (κ1) is 26.4. The van der Waals surface area contributed by atoms with Crippen molar-refractivity contribution in [2.45, 2.75) is 50.0 Å². The number of hydrogen-bond donors (Lipinski definition) is 0. The molecule has 2 saturated heterocycles. The van der Waals surface area contributed by atoms with Crippen LogP contribution in [0.5, 0.6) is 0 Å². The van der Waals surface area contributed by atoms with Gasteiger partial charge in [0.1, 0.15) is 6.33 Å². The fourth-order valence-electron chi connectivity index (χ4n) is 6.46. The van der Waals surface area contributed by atoms with Crippen molar-refractivity contribution in [3.8, 4) is 5.69 Å². The van der Waals surface area contributed by atoms with Crippen LogP contribution in [0, 0.1) is 5.41 Å². The number of halogens is 4. The van der Waals surface area contributed by atoms with E-state index in [9.17, 15) is 18.0 Å². The third-order valence-corrected chi connectivity index (χ3v) is 9.43. The molecule has 216 valence electrons. The Morgan fingerprint density at radius 3 is 2.49 bits per heavy atom. The van der Waals surface area contributed by atoms with Crippen molar-refractivity contribution in [3.05, 3.63) is 82.1 Å². The van der Waals surface area contributed by atoms with E-state index < -0.39 is 29.0 Å². The van der Waals surface area contributed by atoms with Crippen LogP contribution in [0.25, 0.3) is 11.2 Å². The van der Waals surface area contributed by atoms with Gasteiger partial charge in [0.05, 0.1) is 35.4 Å². The molecule has 5 heterocycles. The number of imidazole rings is 1. The minimum absolute atomic E-state index is 0.0916. The van der Waals surface area contributed by atoms with Crippen molar-refractivity contribution in [1.82, 2.24) is 28.6 Å². The Bertz CT molecular complexity index is 1700. The van der Waals surface area contributed by atoms with Crippen LogP contribution in [0.3, 0.4) is 0 Å². The summed E-state index contributed by atoms with van der Waals surface area (Å²) in [6.45, 7) is 3.78. The molecule has 3 aromatic heterocycles. The molecule has 3 aliphatic rings. The lowest BCUT2D eigenvalue weighted by Crippen LogP contribution is -2.50. The molecule has 1 spiro atoms. The van der Waals surface area contributed by atoms with E-state index in [1.54, 1.807) is 31.3 Å². The molecule has 2 atom stereocenters. The predicted molar refractivity (Wildman–Crippen MR) is 142 cm³/mol. The van der Waals surface area contributed by atoms with Crippen LogP contribution < -0.4 is 5.69 Å². The van der Waals surface area contributed by atoms with Gasteiger partial charge in [-0.3, -0.25) is 13.9 Å². The quantitative estimate of drug-likeness (QED) is 0.313. The molecule has 1 saturated carbocycles. The molecule has 41 heavy (non-hydrogen) atoms. The Morgan fingerprint density at radius 2 is 1.88 bits per heavy atom. The van der Waals surface area contributed by atoms with Crippen LogP contribution in [0.1, 0.15) is 60.9 Å². The highest BCUT2D eigenvalue weighted by Gasteiger charge is 2.51. The average molecular weight is 571 g/mol. The minimum atomic E-state index is -4.66. The lowest BCUT2D eigenvalue weighted by molar-refractivity contribution is -0.136. The highest BCUT2D eigenvalue weighted by atomic mass is 19.4. The summed E-state index contributed by atoms with van der Waals surface area (Å²) in [5.74, 6) is 0.146. The maximum Gasteiger partial charge on any atom is 0.418 e. The van der Waals surface area contributed by atoms with Crippen LogP contribution in [-0.4, -0.2) is 54.9 Å². The lowest BCUT2D eigenvalue weighted by atomic mass is 9.74. The molecular formula is C29H30F4N6O2. The maximum absolute atomic E-state index is 15.9. The van der Waals surface area contributed by atoms with Crippen molar-refractivity contribution in [2.24, 2.45) is 12.5 Å². The highest BCUT2D eigenvalue weighted by molar-refractivity contribution is 5.58. The topological polar surface area (TPSA) is 69.6 Å². The Morgan fingerprint density at radius 1 is 1.10 bits per heavy atom. The normalized spacial score (nSPS) is 21.3. The molecule has 0 unspecified atom stereocenters. The monoisotopic (exact) mass is 570 g/mol. The van der Waals surface area contributed by atoms with Gasteiger partial charge in [0.2, 0.25) is 0 Å². The largest absolute Gasteiger partial charge is 0.418 e. The first-order valence-corrected chi connectivity index (χ1v) is 13.8. The molecule has 1 aliphatic carbocycles. The number of rotatable bonds is 6. The van der Waals surface area contributed by atoms with Gasteiger partial charge in [0.25, 0.3) is 0 Å². The number of ether oxygens (including phenoxy) is 1. The van der Waals surface area contributed by atoms with Crippen LogP contribution in [-0.2, 0) is 23.4 Å². The summed E-state index contributed by atoms with van der Waals surface area (Å²) in [5.41, 5.74) is -1.10. The Hall–Kier alpha value is -3.51. The van der Waals surface area contributed by atoms with Crippen molar-refractivity contribution >= 4 is 5.52 Å². The Kier molecular flexibility index (Phi) is 5.79. The zero-order valence-electron chi connectivity index (χ0n) is 22.7. The van der Waals surface area contributed by atoms with Gasteiger partial charge in [-0.1, -0.05) is 12.1 Å². The molecule has 0 amide bonds. The van der Waals surface area contributed by atoms with Crippen LogP contribution in [0.2, 0.25) is 0 Å². The first-order valence-electron chi connectivity index (χ1n) is 13.8. The van der Waals surface area contributed by atoms with E-state index in [1.807, 2.05) is 6.92 Å². The number of pyridine rings is 1. The molecule has 1 aromatic carbocycles. The zero-order chi connectivity index (χ0) is 28.7. The molecule has 0 bridgehead atoms. The van der Waals surface area contributed by atoms with Crippen LogP contribution >= 0.6 is 0 Å². The third kappa shape index (κ3) is 4.13. The average Bonchev–Trinajstić information content (AvgIpc) is 3.19. The second-order valence-electron chi connectivity index (χ2n) is 12.0. The molecule has 4 aromatic rings. The second kappa shape index (κ2) is 8.99. The van der Waals surface area contributed by atoms with E-state index in [0.29, 0.717) is 22.2 Å². The van der Waals surface area contributed by atoms with E-state index in [4.69, 9.17) is 4.74 Å². The van der Waals surface area contributed by atoms with Gasteiger partial charge >= 0.3 is 11.9 Å². The van der Waals surface area contributed by atoms with Crippen LogP contribution in [0.15, 0.2) is 53.8 Å². The summed E-state index contributed by atoms with van der Waals surface area (Å²) in [6.07, 6.45) is 1.36. The number of alkyl halides is 4. The predicted octanol–water partition coefficient (Wildman–Crippen LogP) is 4.76. The Labute approximate surface area is 233 Å². The fourth-order valence-corrected chi connectivity index (χ4v) is 6.46. The molecule has 0 radical (unpaired) electrons. The number of nitrogens with zero attached hydrogens (tertiary/aromatic N) is 6. The van der Waals surface area contributed by atoms with E-state index in [0.717, 1.165) is 23.9 Å². The van der Waals surface area contributed by atoms with E-state index in [2.05, 4.69) is 15.1 Å². The van der Waals surface area contributed by atoms with Gasteiger partial charge in [-0.05, 0) is 67.5 Å². The summed E-state index contributed by atoms with van der Waals surface area (Å²) in [5, 5.41) is 7.70. The van der Waals surface area contributed by atoms with Crippen LogP contribution in [0.4, 0.5) is 17.6 Å². The fraction of sp³-hybridized carbons (Fsp3) is 0.483. The van der Waals surface area contributed by atoms with Gasteiger partial charge in [0.15, 0.2) is 12.0 Å². The number of aromatic nitrogens is 5. The van der Waals surface area contributed by atoms with Gasteiger partial charge in [-0.25, -0.2) is 9.18 Å². The SMILES string of the molecule is C[C@H](c1cc(C(F)(F)F)c2cn(-c3cccc(C4([C@H](F)c5nncn5C)COC4)c3)c(=O)n2c1)N1CCC2(CC2)C1. The maximum atomic E-state index is 15.9. The van der Waals surface area contributed by atoms with Crippen molar-refractivity contribution < 1.29 is 22.3 Å². The van der Waals surface area contributed by atoms with E-state index >= 15 is 4.39 Å². The van der Waals surface area contributed by atoms with Gasteiger partial charge in [0, 0.05) is 32.0 Å². The number of benzene rings is 1. The lowest BCUT2D eigenvalue weighted by Gasteiger charge is -2.43. The number of likely N-dealkylation sites (tertiary alicyclic amines) is 1. The molecule has 0 N–H and O–H groups in total. The molecular weight excluding hydrogens is 540 g/mol. The molecule has 7 rings (SSSR count). The number of aryl methyl sites for hydroxylation is 1. The van der Waals surface area contributed by atoms with E-state index in [-0.39, 0.29) is 30.6 Å². The Balaban J connectivity index is 1.30. The van der Waals surface area contributed by atoms with E-state index in [1.165, 1.54) is 46.8 Å². The minimum Gasteiger partial charge on any atom is -0.379 e.